The lowest BCUT2D eigenvalue weighted by molar-refractivity contribution is 0.139. The van der Waals surface area contributed by atoms with Gasteiger partial charge in [-0.3, -0.25) is 0 Å². The van der Waals surface area contributed by atoms with E-state index in [1.165, 1.54) is 0 Å². The Morgan fingerprint density at radius 1 is 1.64 bits per heavy atom. The quantitative estimate of drug-likeness (QED) is 0.819. The van der Waals surface area contributed by atoms with E-state index in [9.17, 15) is 8.78 Å². The first-order chi connectivity index (χ1) is 6.63. The molecule has 14 heavy (non-hydrogen) atoms. The fourth-order valence-electron chi connectivity index (χ4n) is 1.49. The zero-order chi connectivity index (χ0) is 10.3. The standard InChI is InChI=1S/C9H11F2NO2/c1-4-2-5(4)9-12-7(8(10)11)6(3-13)14-9/h4-5,8,13H,2-3H2,1H3. The number of rotatable bonds is 3. The van der Waals surface area contributed by atoms with Gasteiger partial charge >= 0.3 is 0 Å². The van der Waals surface area contributed by atoms with Gasteiger partial charge in [-0.05, 0) is 12.3 Å². The third kappa shape index (κ3) is 1.52. The highest BCUT2D eigenvalue weighted by Crippen LogP contribution is 2.47. The normalized spacial score (nSPS) is 25.8. The van der Waals surface area contributed by atoms with Gasteiger partial charge < -0.3 is 9.52 Å². The number of alkyl halides is 2. The molecule has 1 aliphatic rings. The van der Waals surface area contributed by atoms with Crippen LogP contribution in [0.5, 0.6) is 0 Å². The van der Waals surface area contributed by atoms with Crippen LogP contribution in [0.1, 0.15) is 43.0 Å². The molecule has 0 bridgehead atoms. The van der Waals surface area contributed by atoms with Crippen LogP contribution in [0.2, 0.25) is 0 Å². The molecule has 1 saturated carbocycles. The molecule has 2 rings (SSSR count). The Hall–Kier alpha value is -0.970. The zero-order valence-electron chi connectivity index (χ0n) is 7.70. The van der Waals surface area contributed by atoms with Crippen molar-refractivity contribution < 1.29 is 18.3 Å². The van der Waals surface area contributed by atoms with Gasteiger partial charge in [0, 0.05) is 5.92 Å². The van der Waals surface area contributed by atoms with Gasteiger partial charge in [0.05, 0.1) is 0 Å². The summed E-state index contributed by atoms with van der Waals surface area (Å²) in [6.07, 6.45) is -1.75. The van der Waals surface area contributed by atoms with E-state index >= 15 is 0 Å². The summed E-state index contributed by atoms with van der Waals surface area (Å²) in [6.45, 7) is 1.49. The minimum Gasteiger partial charge on any atom is -0.442 e. The predicted molar refractivity (Wildman–Crippen MR) is 43.9 cm³/mol. The molecule has 0 aliphatic heterocycles. The molecule has 3 nitrogen and oxygen atoms in total. The summed E-state index contributed by atoms with van der Waals surface area (Å²) in [5.41, 5.74) is -0.415. The van der Waals surface area contributed by atoms with E-state index in [1.54, 1.807) is 0 Å². The maximum atomic E-state index is 12.4. The second-order valence-electron chi connectivity index (χ2n) is 3.64. The summed E-state index contributed by atoms with van der Waals surface area (Å²) in [7, 11) is 0. The van der Waals surface area contributed by atoms with Crippen LogP contribution < -0.4 is 0 Å². The highest BCUT2D eigenvalue weighted by molar-refractivity contribution is 5.16. The molecule has 1 N–H and O–H groups in total. The first-order valence-electron chi connectivity index (χ1n) is 4.52. The van der Waals surface area contributed by atoms with Crippen molar-refractivity contribution in [2.24, 2.45) is 5.92 Å². The molecule has 2 unspecified atom stereocenters. The van der Waals surface area contributed by atoms with Crippen LogP contribution in [-0.2, 0) is 6.61 Å². The van der Waals surface area contributed by atoms with Crippen molar-refractivity contribution >= 4 is 0 Å². The highest BCUT2D eigenvalue weighted by atomic mass is 19.3. The molecule has 1 aliphatic carbocycles. The van der Waals surface area contributed by atoms with Gasteiger partial charge in [0.15, 0.2) is 17.3 Å². The summed E-state index contributed by atoms with van der Waals surface area (Å²) < 4.78 is 29.8. The molecule has 0 saturated heterocycles. The van der Waals surface area contributed by atoms with E-state index in [0.29, 0.717) is 11.8 Å². The van der Waals surface area contributed by atoms with Crippen molar-refractivity contribution in [2.45, 2.75) is 32.3 Å². The van der Waals surface area contributed by atoms with E-state index in [-0.39, 0.29) is 11.7 Å². The third-order valence-corrected chi connectivity index (χ3v) is 2.52. The lowest BCUT2D eigenvalue weighted by Gasteiger charge is -1.92. The molecular formula is C9H11F2NO2. The summed E-state index contributed by atoms with van der Waals surface area (Å²) in [4.78, 5) is 3.72. The Kier molecular flexibility index (Phi) is 2.26. The van der Waals surface area contributed by atoms with Gasteiger partial charge in [-0.2, -0.15) is 0 Å². The van der Waals surface area contributed by atoms with Gasteiger partial charge in [-0.1, -0.05) is 6.92 Å². The molecular weight excluding hydrogens is 192 g/mol. The Labute approximate surface area is 79.8 Å². The number of aliphatic hydroxyl groups is 1. The number of oxazole rings is 1. The number of nitrogens with zero attached hydrogens (tertiary/aromatic N) is 1. The molecule has 0 radical (unpaired) electrons. The molecule has 78 valence electrons. The fraction of sp³-hybridized carbons (Fsp3) is 0.667. The second-order valence-corrected chi connectivity index (χ2v) is 3.64. The van der Waals surface area contributed by atoms with E-state index in [0.717, 1.165) is 6.42 Å². The lowest BCUT2D eigenvalue weighted by atomic mass is 10.3. The van der Waals surface area contributed by atoms with E-state index in [1.807, 2.05) is 6.92 Å². The predicted octanol–water partition coefficient (Wildman–Crippen LogP) is 2.23. The maximum Gasteiger partial charge on any atom is 0.283 e. The van der Waals surface area contributed by atoms with Gasteiger partial charge in [0.2, 0.25) is 0 Å². The Morgan fingerprint density at radius 2 is 2.29 bits per heavy atom. The summed E-state index contributed by atoms with van der Waals surface area (Å²) in [5, 5.41) is 8.78. The summed E-state index contributed by atoms with van der Waals surface area (Å²) in [5.74, 6) is 0.851. The van der Waals surface area contributed by atoms with Gasteiger partial charge in [0.25, 0.3) is 6.43 Å². The minimum atomic E-state index is -2.68. The monoisotopic (exact) mass is 203 g/mol. The minimum absolute atomic E-state index is 0.103. The number of halogens is 2. The Bertz CT molecular complexity index is 338. The molecule has 1 aromatic rings. The SMILES string of the molecule is CC1CC1c1nc(C(F)F)c(CO)o1. The summed E-state index contributed by atoms with van der Waals surface area (Å²) in [6, 6.07) is 0. The van der Waals surface area contributed by atoms with Gasteiger partial charge in [-0.15, -0.1) is 0 Å². The Balaban J connectivity index is 2.27. The molecule has 0 amide bonds. The van der Waals surface area contributed by atoms with Crippen molar-refractivity contribution in [3.63, 3.8) is 0 Å². The first kappa shape index (κ1) is 9.58. The lowest BCUT2D eigenvalue weighted by Crippen LogP contribution is -1.91. The van der Waals surface area contributed by atoms with Crippen molar-refractivity contribution in [1.29, 1.82) is 0 Å². The molecule has 2 atom stereocenters. The van der Waals surface area contributed by atoms with E-state index in [2.05, 4.69) is 4.98 Å². The fourth-order valence-corrected chi connectivity index (χ4v) is 1.49. The molecule has 1 heterocycles. The molecule has 0 aromatic carbocycles. The zero-order valence-corrected chi connectivity index (χ0v) is 7.70. The number of aromatic nitrogens is 1. The maximum absolute atomic E-state index is 12.4. The molecule has 1 fully saturated rings. The Morgan fingerprint density at radius 3 is 2.64 bits per heavy atom. The average Bonchev–Trinajstić information content (AvgIpc) is 2.72. The molecule has 5 heteroatoms. The molecule has 0 spiro atoms. The topological polar surface area (TPSA) is 46.3 Å². The summed E-state index contributed by atoms with van der Waals surface area (Å²) >= 11 is 0. The van der Waals surface area contributed by atoms with Gasteiger partial charge in [0.1, 0.15) is 6.61 Å². The van der Waals surface area contributed by atoms with Crippen LogP contribution in [0.4, 0.5) is 8.78 Å². The van der Waals surface area contributed by atoms with Crippen LogP contribution >= 0.6 is 0 Å². The molecule has 1 aromatic heterocycles. The van der Waals surface area contributed by atoms with Crippen LogP contribution in [0, 0.1) is 5.92 Å². The first-order valence-corrected chi connectivity index (χ1v) is 4.52. The number of hydrogen-bond acceptors (Lipinski definition) is 3. The van der Waals surface area contributed by atoms with E-state index in [4.69, 9.17) is 9.52 Å². The van der Waals surface area contributed by atoms with E-state index < -0.39 is 18.7 Å². The third-order valence-electron chi connectivity index (χ3n) is 2.52. The smallest absolute Gasteiger partial charge is 0.283 e. The van der Waals surface area contributed by atoms with Crippen molar-refractivity contribution in [1.82, 2.24) is 4.98 Å². The van der Waals surface area contributed by atoms with Crippen molar-refractivity contribution in [3.8, 4) is 0 Å². The van der Waals surface area contributed by atoms with Crippen molar-refractivity contribution in [3.05, 3.63) is 17.3 Å². The van der Waals surface area contributed by atoms with Crippen molar-refractivity contribution in [2.75, 3.05) is 0 Å². The highest BCUT2D eigenvalue weighted by Gasteiger charge is 2.39. The van der Waals surface area contributed by atoms with Gasteiger partial charge in [-0.25, -0.2) is 13.8 Å². The largest absolute Gasteiger partial charge is 0.442 e. The number of hydrogen-bond donors (Lipinski definition) is 1. The average molecular weight is 203 g/mol. The van der Waals surface area contributed by atoms with Crippen LogP contribution in [0.25, 0.3) is 0 Å². The van der Waals surface area contributed by atoms with Crippen LogP contribution in [-0.4, -0.2) is 10.1 Å². The number of aliphatic hydroxyl groups excluding tert-OH is 1. The second kappa shape index (κ2) is 3.31. The van der Waals surface area contributed by atoms with Crippen LogP contribution in [0.3, 0.4) is 0 Å². The van der Waals surface area contributed by atoms with Crippen LogP contribution in [0.15, 0.2) is 4.42 Å².